The van der Waals surface area contributed by atoms with Crippen molar-refractivity contribution in [3.63, 3.8) is 0 Å². The first-order valence-corrected chi connectivity index (χ1v) is 16.2. The summed E-state index contributed by atoms with van der Waals surface area (Å²) in [6.07, 6.45) is 2.06. The number of ether oxygens (including phenoxy) is 1. The Kier molecular flexibility index (Phi) is 13.5. The molecular formula is C35H49N2O4P. The molecule has 0 aromatic heterocycles. The Labute approximate surface area is 254 Å². The van der Waals surface area contributed by atoms with Gasteiger partial charge in [-0.15, -0.1) is 0 Å². The zero-order valence-corrected chi connectivity index (χ0v) is 27.3. The first-order chi connectivity index (χ1) is 20.2. The van der Waals surface area contributed by atoms with Crippen molar-refractivity contribution in [2.24, 2.45) is 0 Å². The third-order valence-corrected chi connectivity index (χ3v) is 9.52. The van der Waals surface area contributed by atoms with Crippen molar-refractivity contribution in [2.75, 3.05) is 20.3 Å². The van der Waals surface area contributed by atoms with Gasteiger partial charge in [0.2, 0.25) is 5.91 Å². The minimum absolute atomic E-state index is 0.0337. The lowest BCUT2D eigenvalue weighted by molar-refractivity contribution is -0.121. The van der Waals surface area contributed by atoms with Crippen LogP contribution in [0.25, 0.3) is 0 Å². The van der Waals surface area contributed by atoms with Crippen LogP contribution in [0.2, 0.25) is 0 Å². The number of nitrogens with zero attached hydrogens (tertiary/aromatic N) is 1. The van der Waals surface area contributed by atoms with E-state index in [9.17, 15) is 4.79 Å². The molecule has 0 bridgehead atoms. The minimum atomic E-state index is -1.15. The molecule has 42 heavy (non-hydrogen) atoms. The van der Waals surface area contributed by atoms with E-state index in [-0.39, 0.29) is 12.0 Å². The Balaban J connectivity index is 1.70. The van der Waals surface area contributed by atoms with Crippen molar-refractivity contribution >= 4 is 14.4 Å². The lowest BCUT2D eigenvalue weighted by atomic mass is 9.69. The van der Waals surface area contributed by atoms with Crippen LogP contribution in [0.15, 0.2) is 84.9 Å². The Morgan fingerprint density at radius 3 is 1.79 bits per heavy atom. The summed E-state index contributed by atoms with van der Waals surface area (Å²) < 4.78 is 20.1. The number of benzene rings is 3. The van der Waals surface area contributed by atoms with Crippen molar-refractivity contribution < 1.29 is 18.6 Å². The van der Waals surface area contributed by atoms with Crippen molar-refractivity contribution in [1.29, 1.82) is 0 Å². The second-order valence-electron chi connectivity index (χ2n) is 11.4. The summed E-state index contributed by atoms with van der Waals surface area (Å²) in [6.45, 7) is 13.8. The molecule has 1 unspecified atom stereocenters. The molecule has 3 rings (SSSR count). The van der Waals surface area contributed by atoms with Crippen LogP contribution in [-0.2, 0) is 19.3 Å². The molecule has 6 nitrogen and oxygen atoms in total. The molecule has 3 aromatic carbocycles. The Bertz CT molecular complexity index is 1140. The summed E-state index contributed by atoms with van der Waals surface area (Å²) >= 11 is 0. The van der Waals surface area contributed by atoms with E-state index in [0.29, 0.717) is 31.7 Å². The third kappa shape index (κ3) is 9.12. The lowest BCUT2D eigenvalue weighted by Gasteiger charge is -2.36. The fraction of sp³-hybridized carbons (Fsp3) is 0.457. The number of amides is 1. The number of hydrogen-bond acceptors (Lipinski definition) is 5. The summed E-state index contributed by atoms with van der Waals surface area (Å²) in [5.74, 6) is 0.832. The fourth-order valence-corrected chi connectivity index (χ4v) is 6.99. The van der Waals surface area contributed by atoms with Crippen LogP contribution in [0.5, 0.6) is 5.75 Å². The van der Waals surface area contributed by atoms with Gasteiger partial charge >= 0.3 is 0 Å². The van der Waals surface area contributed by atoms with Gasteiger partial charge in [-0.2, -0.15) is 0 Å². The van der Waals surface area contributed by atoms with Crippen LogP contribution in [0.3, 0.4) is 0 Å². The van der Waals surface area contributed by atoms with E-state index in [2.05, 4.69) is 98.3 Å². The molecule has 1 amide bonds. The maximum absolute atomic E-state index is 13.2. The molecule has 0 saturated heterocycles. The van der Waals surface area contributed by atoms with E-state index >= 15 is 0 Å². The molecule has 0 aliphatic heterocycles. The molecular weight excluding hydrogens is 543 g/mol. The molecule has 7 heteroatoms. The van der Waals surface area contributed by atoms with Gasteiger partial charge in [0, 0.05) is 25.0 Å². The van der Waals surface area contributed by atoms with Crippen molar-refractivity contribution in [3.8, 4) is 5.75 Å². The third-order valence-electron chi connectivity index (χ3n) is 7.21. The SMILES string of the molecule is COc1ccc(C(CNC(=O)CCCCOP(OC(C)C)N(C(C)C)C(C)C)(c2ccccc2)c2ccccc2)cc1. The lowest BCUT2D eigenvalue weighted by Crippen LogP contribution is -2.42. The maximum Gasteiger partial charge on any atom is 0.259 e. The van der Waals surface area contributed by atoms with Crippen molar-refractivity contribution in [1.82, 2.24) is 9.99 Å². The molecule has 1 atom stereocenters. The number of carbonyl (C=O) groups excluding carboxylic acids is 1. The zero-order chi connectivity index (χ0) is 30.5. The average molecular weight is 593 g/mol. The van der Waals surface area contributed by atoms with Crippen LogP contribution in [0.4, 0.5) is 0 Å². The predicted molar refractivity (Wildman–Crippen MR) is 174 cm³/mol. The maximum atomic E-state index is 13.2. The monoisotopic (exact) mass is 592 g/mol. The highest BCUT2D eigenvalue weighted by Gasteiger charge is 2.37. The van der Waals surface area contributed by atoms with E-state index in [1.165, 1.54) is 0 Å². The van der Waals surface area contributed by atoms with Gasteiger partial charge in [-0.1, -0.05) is 72.8 Å². The molecule has 228 valence electrons. The van der Waals surface area contributed by atoms with E-state index in [4.69, 9.17) is 13.8 Å². The fourth-order valence-electron chi connectivity index (χ4n) is 5.28. The average Bonchev–Trinajstić information content (AvgIpc) is 2.98. The molecule has 0 aliphatic carbocycles. The Morgan fingerprint density at radius 2 is 1.31 bits per heavy atom. The summed E-state index contributed by atoms with van der Waals surface area (Å²) in [5.41, 5.74) is 2.77. The summed E-state index contributed by atoms with van der Waals surface area (Å²) in [6, 6.07) is 29.6. The number of rotatable bonds is 17. The molecule has 0 spiro atoms. The molecule has 0 aliphatic rings. The molecule has 1 N–H and O–H groups in total. The molecule has 0 fully saturated rings. The molecule has 0 saturated carbocycles. The zero-order valence-electron chi connectivity index (χ0n) is 26.4. The molecule has 0 heterocycles. The van der Waals surface area contributed by atoms with E-state index in [0.717, 1.165) is 35.3 Å². The van der Waals surface area contributed by atoms with Gasteiger partial charge in [-0.05, 0) is 83.2 Å². The van der Waals surface area contributed by atoms with E-state index < -0.39 is 13.9 Å². The van der Waals surface area contributed by atoms with Crippen LogP contribution in [0.1, 0.15) is 77.5 Å². The Morgan fingerprint density at radius 1 is 0.786 bits per heavy atom. The van der Waals surface area contributed by atoms with Gasteiger partial charge in [0.15, 0.2) is 0 Å². The molecule has 3 aromatic rings. The quantitative estimate of drug-likeness (QED) is 0.0975. The van der Waals surface area contributed by atoms with Crippen molar-refractivity contribution in [3.05, 3.63) is 102 Å². The van der Waals surface area contributed by atoms with Gasteiger partial charge < -0.3 is 19.1 Å². The van der Waals surface area contributed by atoms with Gasteiger partial charge in [0.05, 0.1) is 25.2 Å². The largest absolute Gasteiger partial charge is 0.497 e. The minimum Gasteiger partial charge on any atom is -0.497 e. The van der Waals surface area contributed by atoms with Crippen LogP contribution in [0, 0.1) is 0 Å². The standard InChI is InChI=1S/C35H49N2O4P/c1-27(2)37(28(3)4)42(41-29(5)6)40-25-15-14-20-34(38)36-26-35(30-16-10-8-11-17-30,31-18-12-9-13-19-31)32-21-23-33(39-7)24-22-32/h8-13,16-19,21-24,27-29H,14-15,20,25-26H2,1-7H3,(H,36,38). The number of carbonyl (C=O) groups is 1. The first-order valence-electron chi connectivity index (χ1n) is 15.1. The predicted octanol–water partition coefficient (Wildman–Crippen LogP) is 8.10. The topological polar surface area (TPSA) is 60.0 Å². The summed E-state index contributed by atoms with van der Waals surface area (Å²) in [5, 5.41) is 3.28. The smallest absolute Gasteiger partial charge is 0.259 e. The van der Waals surface area contributed by atoms with Crippen LogP contribution in [-0.4, -0.2) is 49.0 Å². The van der Waals surface area contributed by atoms with Gasteiger partial charge in [0.1, 0.15) is 5.75 Å². The van der Waals surface area contributed by atoms with E-state index in [1.54, 1.807) is 7.11 Å². The number of nitrogens with one attached hydrogen (secondary N) is 1. The summed E-state index contributed by atoms with van der Waals surface area (Å²) in [7, 11) is 0.518. The highest BCUT2D eigenvalue weighted by atomic mass is 31.2. The second-order valence-corrected chi connectivity index (χ2v) is 12.8. The highest BCUT2D eigenvalue weighted by Crippen LogP contribution is 2.47. The van der Waals surface area contributed by atoms with Gasteiger partial charge in [0.25, 0.3) is 8.53 Å². The van der Waals surface area contributed by atoms with Crippen molar-refractivity contribution in [2.45, 2.75) is 84.4 Å². The summed E-state index contributed by atoms with van der Waals surface area (Å²) in [4.78, 5) is 13.2. The number of unbranched alkanes of at least 4 members (excludes halogenated alkanes) is 1. The normalized spacial score (nSPS) is 12.7. The van der Waals surface area contributed by atoms with E-state index in [1.807, 2.05) is 38.1 Å². The number of hydrogen-bond donors (Lipinski definition) is 1. The second kappa shape index (κ2) is 16.8. The number of methoxy groups -OCH3 is 1. The first kappa shape index (κ1) is 33.7. The molecule has 0 radical (unpaired) electrons. The Hall–Kier alpha value is -2.76. The van der Waals surface area contributed by atoms with Crippen LogP contribution < -0.4 is 10.1 Å². The van der Waals surface area contributed by atoms with Gasteiger partial charge in [-0.3, -0.25) is 4.79 Å². The highest BCUT2D eigenvalue weighted by molar-refractivity contribution is 7.44. The van der Waals surface area contributed by atoms with Crippen LogP contribution >= 0.6 is 8.53 Å². The van der Waals surface area contributed by atoms with Gasteiger partial charge in [-0.25, -0.2) is 4.67 Å².